The SMILES string of the molecule is O=C(C=Cc1cccc([N+](=O)[O-])c1)CC(=O)OCC1CC1. The van der Waals surface area contributed by atoms with E-state index in [-0.39, 0.29) is 17.9 Å². The first-order valence-corrected chi connectivity index (χ1v) is 6.65. The molecule has 1 saturated carbocycles. The van der Waals surface area contributed by atoms with E-state index >= 15 is 0 Å². The topological polar surface area (TPSA) is 86.5 Å². The first kappa shape index (κ1) is 14.9. The Bertz CT molecular complexity index is 589. The monoisotopic (exact) mass is 289 g/mol. The molecule has 6 heteroatoms. The average Bonchev–Trinajstić information content (AvgIpc) is 3.27. The summed E-state index contributed by atoms with van der Waals surface area (Å²) in [6, 6.07) is 5.90. The van der Waals surface area contributed by atoms with Crippen LogP contribution in [0.25, 0.3) is 6.08 Å². The zero-order valence-corrected chi connectivity index (χ0v) is 11.4. The molecular weight excluding hydrogens is 274 g/mol. The van der Waals surface area contributed by atoms with Gasteiger partial charge in [0.2, 0.25) is 0 Å². The molecule has 1 aliphatic carbocycles. The van der Waals surface area contributed by atoms with Crippen molar-refractivity contribution >= 4 is 23.5 Å². The molecule has 0 amide bonds. The number of rotatable bonds is 7. The molecule has 1 aromatic rings. The molecule has 0 spiro atoms. The zero-order chi connectivity index (χ0) is 15.2. The molecule has 0 unspecified atom stereocenters. The van der Waals surface area contributed by atoms with Crippen molar-refractivity contribution in [3.05, 3.63) is 46.0 Å². The van der Waals surface area contributed by atoms with E-state index < -0.39 is 10.9 Å². The molecule has 1 aliphatic rings. The number of hydrogen-bond acceptors (Lipinski definition) is 5. The summed E-state index contributed by atoms with van der Waals surface area (Å²) < 4.78 is 4.96. The van der Waals surface area contributed by atoms with Gasteiger partial charge in [-0.1, -0.05) is 18.2 Å². The fourth-order valence-corrected chi connectivity index (χ4v) is 1.68. The normalized spacial score (nSPS) is 14.1. The van der Waals surface area contributed by atoms with E-state index in [0.29, 0.717) is 18.1 Å². The predicted octanol–water partition coefficient (Wildman–Crippen LogP) is 2.52. The molecule has 0 aliphatic heterocycles. The maximum Gasteiger partial charge on any atom is 0.313 e. The summed E-state index contributed by atoms with van der Waals surface area (Å²) in [5, 5.41) is 10.6. The first-order chi connectivity index (χ1) is 10.0. The van der Waals surface area contributed by atoms with Crippen LogP contribution < -0.4 is 0 Å². The van der Waals surface area contributed by atoms with Crippen molar-refractivity contribution in [2.45, 2.75) is 19.3 Å². The number of hydrogen-bond donors (Lipinski definition) is 0. The highest BCUT2D eigenvalue weighted by Gasteiger charge is 2.23. The molecule has 6 nitrogen and oxygen atoms in total. The Morgan fingerprint density at radius 1 is 1.38 bits per heavy atom. The maximum atomic E-state index is 11.6. The van der Waals surface area contributed by atoms with Crippen LogP contribution in [0.1, 0.15) is 24.8 Å². The van der Waals surface area contributed by atoms with Crippen LogP contribution in [0.3, 0.4) is 0 Å². The van der Waals surface area contributed by atoms with Gasteiger partial charge in [0.1, 0.15) is 6.42 Å². The maximum absolute atomic E-state index is 11.6. The van der Waals surface area contributed by atoms with Crippen molar-refractivity contribution < 1.29 is 19.2 Å². The number of non-ortho nitro benzene ring substituents is 1. The molecule has 0 bridgehead atoms. The van der Waals surface area contributed by atoms with Crippen LogP contribution in [0.15, 0.2) is 30.3 Å². The van der Waals surface area contributed by atoms with Gasteiger partial charge in [0.15, 0.2) is 5.78 Å². The number of esters is 1. The van der Waals surface area contributed by atoms with Crippen molar-refractivity contribution in [3.63, 3.8) is 0 Å². The highest BCUT2D eigenvalue weighted by molar-refractivity contribution is 6.03. The number of ketones is 1. The van der Waals surface area contributed by atoms with Gasteiger partial charge in [-0.25, -0.2) is 0 Å². The Labute approximate surface area is 121 Å². The van der Waals surface area contributed by atoms with Crippen LogP contribution in [-0.2, 0) is 14.3 Å². The summed E-state index contributed by atoms with van der Waals surface area (Å²) in [5.74, 6) is -0.456. The smallest absolute Gasteiger partial charge is 0.313 e. The average molecular weight is 289 g/mol. The van der Waals surface area contributed by atoms with E-state index in [1.807, 2.05) is 0 Å². The second kappa shape index (κ2) is 6.78. The summed E-state index contributed by atoms with van der Waals surface area (Å²) in [5.41, 5.74) is 0.484. The molecule has 0 atom stereocenters. The van der Waals surface area contributed by atoms with E-state index in [4.69, 9.17) is 4.74 Å². The number of carbonyl (C=O) groups excluding carboxylic acids is 2. The van der Waals surface area contributed by atoms with Crippen LogP contribution in [0.5, 0.6) is 0 Å². The lowest BCUT2D eigenvalue weighted by Crippen LogP contribution is -2.11. The van der Waals surface area contributed by atoms with Gasteiger partial charge in [0, 0.05) is 12.1 Å². The van der Waals surface area contributed by atoms with Gasteiger partial charge >= 0.3 is 5.97 Å². The van der Waals surface area contributed by atoms with Crippen LogP contribution in [0.2, 0.25) is 0 Å². The standard InChI is InChI=1S/C15H15NO5/c17-14(9-15(18)21-10-12-4-5-12)7-6-11-2-1-3-13(8-11)16(19)20/h1-3,6-8,12H,4-5,9-10H2. The highest BCUT2D eigenvalue weighted by Crippen LogP contribution is 2.28. The summed E-state index contributed by atoms with van der Waals surface area (Å²) in [6.45, 7) is 0.390. The lowest BCUT2D eigenvalue weighted by atomic mass is 10.1. The number of carbonyl (C=O) groups is 2. The van der Waals surface area contributed by atoms with Gasteiger partial charge < -0.3 is 4.74 Å². The van der Waals surface area contributed by atoms with Crippen molar-refractivity contribution in [2.24, 2.45) is 5.92 Å². The lowest BCUT2D eigenvalue weighted by Gasteiger charge is -2.01. The van der Waals surface area contributed by atoms with Gasteiger partial charge in [-0.2, -0.15) is 0 Å². The molecule has 0 N–H and O–H groups in total. The Balaban J connectivity index is 1.84. The lowest BCUT2D eigenvalue weighted by molar-refractivity contribution is -0.384. The molecule has 0 radical (unpaired) electrons. The number of ether oxygens (including phenoxy) is 1. The summed E-state index contributed by atoms with van der Waals surface area (Å²) in [6.07, 6.45) is 4.53. The van der Waals surface area contributed by atoms with Gasteiger partial charge in [-0.05, 0) is 30.4 Å². The van der Waals surface area contributed by atoms with Gasteiger partial charge in [0.25, 0.3) is 5.69 Å². The first-order valence-electron chi connectivity index (χ1n) is 6.65. The van der Waals surface area contributed by atoms with E-state index in [1.165, 1.54) is 30.4 Å². The molecule has 110 valence electrons. The summed E-state index contributed by atoms with van der Waals surface area (Å²) in [7, 11) is 0. The van der Waals surface area contributed by atoms with Gasteiger partial charge in [0.05, 0.1) is 11.5 Å². The van der Waals surface area contributed by atoms with Crippen molar-refractivity contribution in [1.29, 1.82) is 0 Å². The minimum atomic E-state index is -0.532. The Morgan fingerprint density at radius 3 is 2.81 bits per heavy atom. The number of benzene rings is 1. The van der Waals surface area contributed by atoms with E-state index in [2.05, 4.69) is 0 Å². The fraction of sp³-hybridized carbons (Fsp3) is 0.333. The van der Waals surface area contributed by atoms with Gasteiger partial charge in [-0.15, -0.1) is 0 Å². The quantitative estimate of drug-likeness (QED) is 0.253. The third kappa shape index (κ3) is 5.18. The van der Waals surface area contributed by atoms with Crippen LogP contribution in [0, 0.1) is 16.0 Å². The third-order valence-corrected chi connectivity index (χ3v) is 3.04. The van der Waals surface area contributed by atoms with Crippen LogP contribution >= 0.6 is 0 Å². The molecule has 1 fully saturated rings. The number of allylic oxidation sites excluding steroid dienone is 1. The second-order valence-electron chi connectivity index (χ2n) is 4.95. The molecule has 0 saturated heterocycles. The van der Waals surface area contributed by atoms with Crippen molar-refractivity contribution in [3.8, 4) is 0 Å². The zero-order valence-electron chi connectivity index (χ0n) is 11.4. The Morgan fingerprint density at radius 2 is 2.14 bits per heavy atom. The second-order valence-corrected chi connectivity index (χ2v) is 4.95. The molecule has 21 heavy (non-hydrogen) atoms. The van der Waals surface area contributed by atoms with Crippen LogP contribution in [-0.4, -0.2) is 23.3 Å². The largest absolute Gasteiger partial charge is 0.465 e. The Hall–Kier alpha value is -2.50. The van der Waals surface area contributed by atoms with E-state index in [1.54, 1.807) is 6.07 Å². The molecule has 0 aromatic heterocycles. The number of nitrogens with zero attached hydrogens (tertiary/aromatic N) is 1. The summed E-state index contributed by atoms with van der Waals surface area (Å²) >= 11 is 0. The number of nitro benzene ring substituents is 1. The minimum absolute atomic E-state index is 0.0477. The van der Waals surface area contributed by atoms with E-state index in [0.717, 1.165) is 12.8 Å². The molecule has 0 heterocycles. The molecule has 2 rings (SSSR count). The molecule has 1 aromatic carbocycles. The minimum Gasteiger partial charge on any atom is -0.465 e. The van der Waals surface area contributed by atoms with Crippen LogP contribution in [0.4, 0.5) is 5.69 Å². The third-order valence-electron chi connectivity index (χ3n) is 3.04. The van der Waals surface area contributed by atoms with Crippen molar-refractivity contribution in [2.75, 3.05) is 6.61 Å². The fourth-order valence-electron chi connectivity index (χ4n) is 1.68. The van der Waals surface area contributed by atoms with Crippen molar-refractivity contribution in [1.82, 2.24) is 0 Å². The number of nitro groups is 1. The van der Waals surface area contributed by atoms with E-state index in [9.17, 15) is 19.7 Å². The Kier molecular flexibility index (Phi) is 4.81. The predicted molar refractivity (Wildman–Crippen MR) is 75.4 cm³/mol. The highest BCUT2D eigenvalue weighted by atomic mass is 16.6. The summed E-state index contributed by atoms with van der Waals surface area (Å²) in [4.78, 5) is 33.1. The van der Waals surface area contributed by atoms with Gasteiger partial charge in [-0.3, -0.25) is 19.7 Å². The molecular formula is C15H15NO5.